The summed E-state index contributed by atoms with van der Waals surface area (Å²) < 4.78 is 23.8. The van der Waals surface area contributed by atoms with Gasteiger partial charge in [-0.15, -0.1) is 5.06 Å². The smallest absolute Gasteiger partial charge is 0.330 e. The lowest BCUT2D eigenvalue weighted by molar-refractivity contribution is -0.225. The molecule has 1 rings (SSSR count). The summed E-state index contributed by atoms with van der Waals surface area (Å²) in [4.78, 5) is 16.7. The Kier molecular flexibility index (Phi) is 3.85. The predicted octanol–water partition coefficient (Wildman–Crippen LogP) is 0.0663. The standard InChI is InChI=1S/C10H20N2O4S/c1-10(2,3)9(13)16-12-6-8(7-12)11(4)17(5,14)15/h8H,6-7H2,1-5H3. The largest absolute Gasteiger partial charge is 0.367 e. The van der Waals surface area contributed by atoms with E-state index in [1.807, 2.05) is 0 Å². The van der Waals surface area contributed by atoms with Gasteiger partial charge in [0.15, 0.2) is 0 Å². The molecule has 0 N–H and O–H groups in total. The minimum atomic E-state index is -3.18. The molecule has 1 aliphatic heterocycles. The van der Waals surface area contributed by atoms with Gasteiger partial charge in [-0.2, -0.15) is 4.31 Å². The number of carbonyl (C=O) groups is 1. The van der Waals surface area contributed by atoms with Gasteiger partial charge in [-0.3, -0.25) is 0 Å². The normalized spacial score (nSPS) is 19.2. The lowest BCUT2D eigenvalue weighted by atomic mass is 9.98. The molecule has 0 radical (unpaired) electrons. The Bertz CT molecular complexity index is 393. The first-order chi connectivity index (χ1) is 7.51. The monoisotopic (exact) mass is 264 g/mol. The minimum Gasteiger partial charge on any atom is -0.367 e. The molecule has 100 valence electrons. The molecule has 0 atom stereocenters. The molecule has 0 aliphatic carbocycles. The van der Waals surface area contributed by atoms with E-state index >= 15 is 0 Å². The van der Waals surface area contributed by atoms with Gasteiger partial charge in [0, 0.05) is 7.05 Å². The molecule has 17 heavy (non-hydrogen) atoms. The summed E-state index contributed by atoms with van der Waals surface area (Å²) in [6, 6.07) is -0.113. The summed E-state index contributed by atoms with van der Waals surface area (Å²) in [7, 11) is -1.65. The molecule has 1 fully saturated rings. The van der Waals surface area contributed by atoms with E-state index in [1.165, 1.54) is 16.4 Å². The van der Waals surface area contributed by atoms with Crippen molar-refractivity contribution in [2.45, 2.75) is 26.8 Å². The highest BCUT2D eigenvalue weighted by atomic mass is 32.2. The quantitative estimate of drug-likeness (QED) is 0.721. The molecule has 0 aromatic heterocycles. The van der Waals surface area contributed by atoms with Gasteiger partial charge in [0.05, 0.1) is 30.8 Å². The molecule has 0 amide bonds. The van der Waals surface area contributed by atoms with Crippen molar-refractivity contribution in [1.82, 2.24) is 9.37 Å². The molecule has 0 spiro atoms. The van der Waals surface area contributed by atoms with E-state index in [4.69, 9.17) is 4.84 Å². The Hall–Kier alpha value is -0.660. The Morgan fingerprint density at radius 2 is 1.82 bits per heavy atom. The molecule has 0 aromatic carbocycles. The van der Waals surface area contributed by atoms with Crippen LogP contribution in [-0.4, -0.2) is 56.2 Å². The Balaban J connectivity index is 2.41. The lowest BCUT2D eigenvalue weighted by Gasteiger charge is -2.41. The number of likely N-dealkylation sites (N-methyl/N-ethyl adjacent to an activating group) is 1. The fourth-order valence-electron chi connectivity index (χ4n) is 1.25. The summed E-state index contributed by atoms with van der Waals surface area (Å²) in [5.41, 5.74) is -0.548. The van der Waals surface area contributed by atoms with Crippen LogP contribution in [0.3, 0.4) is 0 Å². The number of carbonyl (C=O) groups excluding carboxylic acids is 1. The van der Waals surface area contributed by atoms with Gasteiger partial charge in [0.25, 0.3) is 0 Å². The van der Waals surface area contributed by atoms with E-state index < -0.39 is 15.4 Å². The number of nitrogens with zero attached hydrogens (tertiary/aromatic N) is 2. The van der Waals surface area contributed by atoms with Gasteiger partial charge in [-0.25, -0.2) is 13.2 Å². The van der Waals surface area contributed by atoms with Crippen LogP contribution in [0, 0.1) is 5.41 Å². The van der Waals surface area contributed by atoms with Gasteiger partial charge in [0.2, 0.25) is 10.0 Å². The SMILES string of the molecule is CN(C1CN(OC(=O)C(C)(C)C)C1)S(C)(=O)=O. The van der Waals surface area contributed by atoms with E-state index in [0.717, 1.165) is 6.26 Å². The molecule has 0 bridgehead atoms. The van der Waals surface area contributed by atoms with Crippen molar-refractivity contribution in [2.75, 3.05) is 26.4 Å². The van der Waals surface area contributed by atoms with E-state index in [9.17, 15) is 13.2 Å². The number of hydrogen-bond acceptors (Lipinski definition) is 5. The third kappa shape index (κ3) is 3.65. The average Bonchev–Trinajstić information content (AvgIpc) is 2.05. The van der Waals surface area contributed by atoms with Crippen LogP contribution in [0.5, 0.6) is 0 Å². The van der Waals surface area contributed by atoms with E-state index in [-0.39, 0.29) is 12.0 Å². The van der Waals surface area contributed by atoms with E-state index in [0.29, 0.717) is 13.1 Å². The van der Waals surface area contributed by atoms with Gasteiger partial charge in [-0.1, -0.05) is 0 Å². The fraction of sp³-hybridized carbons (Fsp3) is 0.900. The van der Waals surface area contributed by atoms with Crippen molar-refractivity contribution >= 4 is 16.0 Å². The lowest BCUT2D eigenvalue weighted by Crippen LogP contribution is -2.60. The zero-order chi connectivity index (χ0) is 13.4. The van der Waals surface area contributed by atoms with Crippen LogP contribution in [0.25, 0.3) is 0 Å². The topological polar surface area (TPSA) is 66.9 Å². The highest BCUT2D eigenvalue weighted by molar-refractivity contribution is 7.88. The van der Waals surface area contributed by atoms with Gasteiger partial charge in [0.1, 0.15) is 0 Å². The van der Waals surface area contributed by atoms with Crippen molar-refractivity contribution in [3.05, 3.63) is 0 Å². The van der Waals surface area contributed by atoms with Crippen LogP contribution in [0.4, 0.5) is 0 Å². The number of sulfonamides is 1. The molecule has 6 nitrogen and oxygen atoms in total. The molecular formula is C10H20N2O4S. The van der Waals surface area contributed by atoms with Gasteiger partial charge < -0.3 is 4.84 Å². The van der Waals surface area contributed by atoms with E-state index in [2.05, 4.69) is 0 Å². The second-order valence-electron chi connectivity index (χ2n) is 5.41. The number of rotatable bonds is 3. The van der Waals surface area contributed by atoms with Crippen LogP contribution < -0.4 is 0 Å². The molecule has 0 unspecified atom stereocenters. The Morgan fingerprint density at radius 1 is 1.35 bits per heavy atom. The molecular weight excluding hydrogens is 244 g/mol. The van der Waals surface area contributed by atoms with Gasteiger partial charge >= 0.3 is 5.97 Å². The average molecular weight is 264 g/mol. The van der Waals surface area contributed by atoms with Crippen molar-refractivity contribution < 1.29 is 18.0 Å². The first-order valence-corrected chi connectivity index (χ1v) is 7.27. The highest BCUT2D eigenvalue weighted by Gasteiger charge is 2.38. The van der Waals surface area contributed by atoms with Crippen LogP contribution in [-0.2, 0) is 19.7 Å². The Labute approximate surface area is 103 Å². The molecule has 1 aliphatic rings. The first-order valence-electron chi connectivity index (χ1n) is 5.42. The van der Waals surface area contributed by atoms with Crippen LogP contribution in [0.15, 0.2) is 0 Å². The molecule has 1 saturated heterocycles. The zero-order valence-corrected chi connectivity index (χ0v) is 11.7. The number of hydroxylamine groups is 2. The van der Waals surface area contributed by atoms with Crippen molar-refractivity contribution in [1.29, 1.82) is 0 Å². The maximum Gasteiger partial charge on any atom is 0.330 e. The predicted molar refractivity (Wildman–Crippen MR) is 63.5 cm³/mol. The summed E-state index contributed by atoms with van der Waals surface area (Å²) >= 11 is 0. The minimum absolute atomic E-state index is 0.113. The third-order valence-corrected chi connectivity index (χ3v) is 4.03. The maximum atomic E-state index is 11.5. The highest BCUT2D eigenvalue weighted by Crippen LogP contribution is 2.21. The Morgan fingerprint density at radius 3 is 2.18 bits per heavy atom. The number of hydrogen-bond donors (Lipinski definition) is 0. The zero-order valence-electron chi connectivity index (χ0n) is 10.9. The van der Waals surface area contributed by atoms with Crippen LogP contribution >= 0.6 is 0 Å². The van der Waals surface area contributed by atoms with Crippen LogP contribution in [0.1, 0.15) is 20.8 Å². The molecule has 7 heteroatoms. The first kappa shape index (κ1) is 14.4. The second-order valence-corrected chi connectivity index (χ2v) is 7.45. The summed E-state index contributed by atoms with van der Waals surface area (Å²) in [5, 5.41) is 1.49. The summed E-state index contributed by atoms with van der Waals surface area (Å²) in [6.45, 7) is 6.16. The summed E-state index contributed by atoms with van der Waals surface area (Å²) in [5.74, 6) is -0.307. The molecule has 0 saturated carbocycles. The van der Waals surface area contributed by atoms with Crippen molar-refractivity contribution in [3.8, 4) is 0 Å². The van der Waals surface area contributed by atoms with Gasteiger partial charge in [-0.05, 0) is 20.8 Å². The third-order valence-electron chi connectivity index (χ3n) is 2.69. The van der Waals surface area contributed by atoms with Crippen molar-refractivity contribution in [2.24, 2.45) is 5.41 Å². The van der Waals surface area contributed by atoms with Crippen molar-refractivity contribution in [3.63, 3.8) is 0 Å². The maximum absolute atomic E-state index is 11.5. The van der Waals surface area contributed by atoms with Crippen LogP contribution in [0.2, 0.25) is 0 Å². The fourth-order valence-corrected chi connectivity index (χ4v) is 1.92. The molecule has 0 aromatic rings. The van der Waals surface area contributed by atoms with E-state index in [1.54, 1.807) is 20.8 Å². The summed E-state index contributed by atoms with van der Waals surface area (Å²) in [6.07, 6.45) is 1.16. The molecule has 1 heterocycles. The second kappa shape index (κ2) is 4.55.